The third-order valence-electron chi connectivity index (χ3n) is 1.27. The van der Waals surface area contributed by atoms with Crippen LogP contribution >= 0.6 is 0 Å². The molecule has 68 valence electrons. The molecule has 0 saturated heterocycles. The minimum atomic E-state index is -3.49. The minimum absolute atomic E-state index is 0.0131. The summed E-state index contributed by atoms with van der Waals surface area (Å²) < 4.78 is 20.7. The molecule has 4 nitrogen and oxygen atoms in total. The molecule has 0 radical (unpaired) electrons. The Morgan fingerprint density at radius 3 is 2.18 bits per heavy atom. The van der Waals surface area contributed by atoms with Gasteiger partial charge in [-0.25, -0.2) is 8.42 Å². The van der Waals surface area contributed by atoms with Gasteiger partial charge < -0.3 is 10.0 Å². The van der Waals surface area contributed by atoms with Crippen LogP contribution in [0.1, 0.15) is 12.8 Å². The fraction of sp³-hybridized carbons (Fsp3) is 1.00. The van der Waals surface area contributed by atoms with Crippen LogP contribution in [0.4, 0.5) is 0 Å². The highest BCUT2D eigenvalue weighted by Crippen LogP contribution is 1.97. The van der Waals surface area contributed by atoms with Gasteiger partial charge in [0.15, 0.2) is 0 Å². The maximum atomic E-state index is 10.3. The molecule has 11 heavy (non-hydrogen) atoms. The van der Waals surface area contributed by atoms with Crippen molar-refractivity contribution in [1.29, 1.82) is 0 Å². The lowest BCUT2D eigenvalue weighted by Crippen LogP contribution is -2.13. The number of nitrogens with zero attached hydrogens (tertiary/aromatic N) is 1. The lowest BCUT2D eigenvalue weighted by Gasteiger charge is -2.09. The predicted octanol–water partition coefficient (Wildman–Crippen LogP) is 0.710. The smallest absolute Gasteiger partial charge is 0.0699 e. The van der Waals surface area contributed by atoms with Crippen molar-refractivity contribution < 1.29 is 8.42 Å². The first kappa shape index (κ1) is 10.9. The SMILES string of the molecule is CN(C)CCCCS([NH-])(=O)=O. The number of sulfonamides is 1. The van der Waals surface area contributed by atoms with Gasteiger partial charge in [-0.15, -0.1) is 0 Å². The summed E-state index contributed by atoms with van der Waals surface area (Å²) in [6.07, 6.45) is 1.43. The topological polar surface area (TPSA) is 61.2 Å². The van der Waals surface area contributed by atoms with Crippen LogP contribution in [0.3, 0.4) is 0 Å². The highest BCUT2D eigenvalue weighted by Gasteiger charge is 1.95. The van der Waals surface area contributed by atoms with Crippen LogP contribution in [0.2, 0.25) is 0 Å². The number of hydrogen-bond donors (Lipinski definition) is 0. The standard InChI is InChI=1S/C6H15N2O2S/c1-8(2)5-3-4-6-11(7,9)10/h3-6H2,1-2H3,(H-,7,9,10)/q-1. The van der Waals surface area contributed by atoms with Gasteiger partial charge in [0.1, 0.15) is 0 Å². The third-order valence-corrected chi connectivity index (χ3v) is 2.09. The van der Waals surface area contributed by atoms with Gasteiger partial charge in [-0.2, -0.15) is 0 Å². The van der Waals surface area contributed by atoms with Gasteiger partial charge in [-0.05, 0) is 33.5 Å². The molecule has 0 spiro atoms. The van der Waals surface area contributed by atoms with E-state index in [1.165, 1.54) is 0 Å². The van der Waals surface area contributed by atoms with E-state index in [4.69, 9.17) is 5.14 Å². The van der Waals surface area contributed by atoms with Gasteiger partial charge in [0, 0.05) is 5.75 Å². The van der Waals surface area contributed by atoms with E-state index in [-0.39, 0.29) is 5.75 Å². The fourth-order valence-corrected chi connectivity index (χ4v) is 1.30. The predicted molar refractivity (Wildman–Crippen MR) is 45.9 cm³/mol. The zero-order chi connectivity index (χ0) is 8.91. The van der Waals surface area contributed by atoms with Crippen LogP contribution in [0.5, 0.6) is 0 Å². The Morgan fingerprint density at radius 1 is 1.27 bits per heavy atom. The van der Waals surface area contributed by atoms with E-state index in [1.807, 2.05) is 19.0 Å². The van der Waals surface area contributed by atoms with Crippen LogP contribution in [0.25, 0.3) is 5.14 Å². The quantitative estimate of drug-likeness (QED) is 0.584. The highest BCUT2D eigenvalue weighted by molar-refractivity contribution is 7.93. The van der Waals surface area contributed by atoms with Gasteiger partial charge in [0.05, 0.1) is 10.0 Å². The molecule has 0 aliphatic heterocycles. The summed E-state index contributed by atoms with van der Waals surface area (Å²) >= 11 is 0. The summed E-state index contributed by atoms with van der Waals surface area (Å²) in [7, 11) is 0.389. The first-order valence-corrected chi connectivity index (χ1v) is 5.19. The monoisotopic (exact) mass is 179 g/mol. The zero-order valence-corrected chi connectivity index (χ0v) is 7.82. The van der Waals surface area contributed by atoms with E-state index in [0.717, 1.165) is 13.0 Å². The molecular weight excluding hydrogens is 164 g/mol. The van der Waals surface area contributed by atoms with E-state index in [2.05, 4.69) is 0 Å². The largest absolute Gasteiger partial charge is 0.564 e. The van der Waals surface area contributed by atoms with Crippen LogP contribution in [-0.4, -0.2) is 39.7 Å². The van der Waals surface area contributed by atoms with Gasteiger partial charge >= 0.3 is 0 Å². The number of nitrogens with one attached hydrogen (secondary N) is 1. The molecule has 0 aliphatic rings. The van der Waals surface area contributed by atoms with Gasteiger partial charge in [0.2, 0.25) is 0 Å². The molecule has 0 atom stereocenters. The third kappa shape index (κ3) is 9.87. The van der Waals surface area contributed by atoms with Crippen molar-refractivity contribution in [2.45, 2.75) is 12.8 Å². The van der Waals surface area contributed by atoms with Crippen LogP contribution < -0.4 is 0 Å². The molecule has 1 N–H and O–H groups in total. The Morgan fingerprint density at radius 2 is 1.82 bits per heavy atom. The Hall–Kier alpha value is -0.130. The van der Waals surface area contributed by atoms with E-state index in [9.17, 15) is 8.42 Å². The maximum absolute atomic E-state index is 10.3. The second-order valence-electron chi connectivity index (χ2n) is 2.83. The fourth-order valence-electron chi connectivity index (χ4n) is 0.720. The summed E-state index contributed by atoms with van der Waals surface area (Å²) in [4.78, 5) is 2.00. The van der Waals surface area contributed by atoms with Crippen molar-refractivity contribution in [3.63, 3.8) is 0 Å². The summed E-state index contributed by atoms with van der Waals surface area (Å²) in [6.45, 7) is 0.884. The molecular formula is C6H15N2O2S-. The van der Waals surface area contributed by atoms with Crippen molar-refractivity contribution in [3.8, 4) is 0 Å². The molecule has 0 fully saturated rings. The molecule has 0 rings (SSSR count). The van der Waals surface area contributed by atoms with E-state index >= 15 is 0 Å². The lowest BCUT2D eigenvalue weighted by molar-refractivity contribution is 0.398. The number of unbranched alkanes of at least 4 members (excludes halogenated alkanes) is 1. The molecule has 0 aromatic heterocycles. The van der Waals surface area contributed by atoms with Crippen molar-refractivity contribution >= 4 is 10.0 Å². The van der Waals surface area contributed by atoms with Gasteiger partial charge in [0.25, 0.3) is 0 Å². The van der Waals surface area contributed by atoms with Crippen molar-refractivity contribution in [3.05, 3.63) is 5.14 Å². The van der Waals surface area contributed by atoms with Crippen molar-refractivity contribution in [2.75, 3.05) is 26.4 Å². The first-order chi connectivity index (χ1) is 4.92. The van der Waals surface area contributed by atoms with Gasteiger partial charge in [-0.3, -0.25) is 0 Å². The van der Waals surface area contributed by atoms with Crippen molar-refractivity contribution in [2.24, 2.45) is 0 Å². The molecule has 0 heterocycles. The van der Waals surface area contributed by atoms with E-state index in [0.29, 0.717) is 6.42 Å². The molecule has 0 amide bonds. The minimum Gasteiger partial charge on any atom is -0.564 e. The van der Waals surface area contributed by atoms with Crippen LogP contribution in [0, 0.1) is 0 Å². The Bertz CT molecular complexity index is 187. The van der Waals surface area contributed by atoms with Gasteiger partial charge in [-0.1, -0.05) is 0 Å². The van der Waals surface area contributed by atoms with E-state index < -0.39 is 10.0 Å². The second kappa shape index (κ2) is 4.69. The summed E-state index contributed by atoms with van der Waals surface area (Å²) in [5.74, 6) is -0.0131. The Kier molecular flexibility index (Phi) is 4.63. The molecule has 0 bridgehead atoms. The molecule has 0 aromatic carbocycles. The summed E-state index contributed by atoms with van der Waals surface area (Å²) in [5, 5.41) is 6.58. The van der Waals surface area contributed by atoms with Crippen molar-refractivity contribution in [1.82, 2.24) is 4.90 Å². The molecule has 0 unspecified atom stereocenters. The molecule has 0 saturated carbocycles. The number of rotatable bonds is 5. The first-order valence-electron chi connectivity index (χ1n) is 3.54. The zero-order valence-electron chi connectivity index (χ0n) is 7.00. The number of hydrogen-bond acceptors (Lipinski definition) is 3. The maximum Gasteiger partial charge on any atom is 0.0699 e. The summed E-state index contributed by atoms with van der Waals surface area (Å²) in [5.41, 5.74) is 0. The Balaban J connectivity index is 3.30. The second-order valence-corrected chi connectivity index (χ2v) is 4.47. The molecule has 0 aromatic rings. The Labute approximate surface area is 68.4 Å². The van der Waals surface area contributed by atoms with Crippen LogP contribution in [0.15, 0.2) is 0 Å². The summed E-state index contributed by atoms with van der Waals surface area (Å²) in [6, 6.07) is 0. The molecule has 5 heteroatoms. The molecule has 0 aliphatic carbocycles. The highest BCUT2D eigenvalue weighted by atomic mass is 32.2. The lowest BCUT2D eigenvalue weighted by atomic mass is 10.3. The normalized spacial score (nSPS) is 12.4. The average Bonchev–Trinajstić information content (AvgIpc) is 1.78. The van der Waals surface area contributed by atoms with E-state index in [1.54, 1.807) is 0 Å². The van der Waals surface area contributed by atoms with Crippen LogP contribution in [-0.2, 0) is 10.0 Å². The average molecular weight is 179 g/mol.